The first kappa shape index (κ1) is 13.3. The van der Waals surface area contributed by atoms with Gasteiger partial charge in [0.15, 0.2) is 0 Å². The van der Waals surface area contributed by atoms with Crippen LogP contribution in [-0.4, -0.2) is 23.4 Å². The third-order valence-electron chi connectivity index (χ3n) is 3.35. The average Bonchev–Trinajstić information content (AvgIpc) is 3.08. The molecule has 1 aliphatic rings. The predicted molar refractivity (Wildman–Crippen MR) is 74.2 cm³/mol. The van der Waals surface area contributed by atoms with E-state index < -0.39 is 6.10 Å². The molecule has 1 aliphatic heterocycles. The maximum absolute atomic E-state index is 10.3. The van der Waals surface area contributed by atoms with Crippen molar-refractivity contribution in [3.63, 3.8) is 0 Å². The second kappa shape index (κ2) is 4.87. The summed E-state index contributed by atoms with van der Waals surface area (Å²) in [5, 5.41) is 10.3. The van der Waals surface area contributed by atoms with Crippen molar-refractivity contribution in [2.24, 2.45) is 5.41 Å². The molecule has 0 aromatic heterocycles. The first-order valence-corrected chi connectivity index (χ1v) is 6.46. The van der Waals surface area contributed by atoms with Crippen LogP contribution in [0.2, 0.25) is 0 Å². The standard InChI is InChI=1S/C16H22O2/c1-11(10-12-8-6-5-7-9-12)13(17)14-15(18-14)16(2,3)4/h5-10,13-15,17H,1-4H3/b11-10+. The van der Waals surface area contributed by atoms with E-state index >= 15 is 0 Å². The zero-order chi connectivity index (χ0) is 13.3. The first-order valence-electron chi connectivity index (χ1n) is 6.46. The summed E-state index contributed by atoms with van der Waals surface area (Å²) in [5.74, 6) is 0. The normalized spacial score (nSPS) is 25.9. The molecule has 0 aliphatic carbocycles. The van der Waals surface area contributed by atoms with Crippen molar-refractivity contribution in [3.05, 3.63) is 41.5 Å². The Morgan fingerprint density at radius 3 is 2.39 bits per heavy atom. The van der Waals surface area contributed by atoms with Gasteiger partial charge in [0, 0.05) is 0 Å². The number of aliphatic hydroxyl groups is 1. The quantitative estimate of drug-likeness (QED) is 0.830. The van der Waals surface area contributed by atoms with Gasteiger partial charge in [0.25, 0.3) is 0 Å². The molecule has 2 heteroatoms. The summed E-state index contributed by atoms with van der Waals surface area (Å²) in [6.07, 6.45) is 1.62. The Morgan fingerprint density at radius 2 is 1.89 bits per heavy atom. The Hall–Kier alpha value is -1.12. The van der Waals surface area contributed by atoms with Crippen LogP contribution in [0, 0.1) is 5.41 Å². The molecule has 0 saturated carbocycles. The third kappa shape index (κ3) is 3.01. The molecule has 2 nitrogen and oxygen atoms in total. The van der Waals surface area contributed by atoms with Crippen LogP contribution in [0.5, 0.6) is 0 Å². The molecular formula is C16H22O2. The van der Waals surface area contributed by atoms with Crippen LogP contribution < -0.4 is 0 Å². The topological polar surface area (TPSA) is 32.8 Å². The van der Waals surface area contributed by atoms with Crippen LogP contribution in [-0.2, 0) is 4.74 Å². The second-order valence-electron chi connectivity index (χ2n) is 6.13. The van der Waals surface area contributed by atoms with Crippen molar-refractivity contribution in [3.8, 4) is 0 Å². The Balaban J connectivity index is 2.03. The molecular weight excluding hydrogens is 224 g/mol. The van der Waals surface area contributed by atoms with Crippen LogP contribution in [0.25, 0.3) is 6.08 Å². The maximum Gasteiger partial charge on any atom is 0.114 e. The highest BCUT2D eigenvalue weighted by molar-refractivity contribution is 5.53. The fourth-order valence-corrected chi connectivity index (χ4v) is 2.22. The van der Waals surface area contributed by atoms with Gasteiger partial charge in [0.2, 0.25) is 0 Å². The van der Waals surface area contributed by atoms with Crippen LogP contribution in [0.3, 0.4) is 0 Å². The van der Waals surface area contributed by atoms with E-state index in [0.29, 0.717) is 0 Å². The molecule has 0 spiro atoms. The SMILES string of the molecule is C/C(=C\c1ccccc1)C(O)C1OC1C(C)(C)C. The van der Waals surface area contributed by atoms with E-state index in [1.807, 2.05) is 43.3 Å². The van der Waals surface area contributed by atoms with E-state index in [4.69, 9.17) is 4.74 Å². The summed E-state index contributed by atoms with van der Waals surface area (Å²) in [6.45, 7) is 8.38. The number of benzene rings is 1. The van der Waals surface area contributed by atoms with Crippen LogP contribution in [0.4, 0.5) is 0 Å². The van der Waals surface area contributed by atoms with E-state index in [0.717, 1.165) is 11.1 Å². The molecule has 2 rings (SSSR count). The van der Waals surface area contributed by atoms with E-state index in [1.54, 1.807) is 0 Å². The summed E-state index contributed by atoms with van der Waals surface area (Å²) in [4.78, 5) is 0. The van der Waals surface area contributed by atoms with Crippen molar-refractivity contribution >= 4 is 6.08 Å². The van der Waals surface area contributed by atoms with Crippen molar-refractivity contribution in [2.45, 2.75) is 46.0 Å². The molecule has 3 atom stereocenters. The molecule has 0 amide bonds. The number of rotatable bonds is 3. The van der Waals surface area contributed by atoms with Crippen LogP contribution >= 0.6 is 0 Å². The lowest BCUT2D eigenvalue weighted by molar-refractivity contribution is 0.167. The van der Waals surface area contributed by atoms with Gasteiger partial charge < -0.3 is 9.84 Å². The summed E-state index contributed by atoms with van der Waals surface area (Å²) in [5.41, 5.74) is 2.17. The lowest BCUT2D eigenvalue weighted by Crippen LogP contribution is -2.24. The predicted octanol–water partition coefficient (Wildman–Crippen LogP) is 3.26. The lowest BCUT2D eigenvalue weighted by atomic mass is 9.88. The lowest BCUT2D eigenvalue weighted by Gasteiger charge is -2.16. The highest BCUT2D eigenvalue weighted by atomic mass is 16.6. The smallest absolute Gasteiger partial charge is 0.114 e. The average molecular weight is 246 g/mol. The molecule has 0 radical (unpaired) electrons. The van der Waals surface area contributed by atoms with Gasteiger partial charge in [0.1, 0.15) is 12.2 Å². The summed E-state index contributed by atoms with van der Waals surface area (Å²) >= 11 is 0. The van der Waals surface area contributed by atoms with Crippen molar-refractivity contribution in [1.82, 2.24) is 0 Å². The summed E-state index contributed by atoms with van der Waals surface area (Å²) < 4.78 is 5.61. The Bertz CT molecular complexity index is 428. The molecule has 1 fully saturated rings. The molecule has 98 valence electrons. The minimum atomic E-state index is -0.505. The zero-order valence-corrected chi connectivity index (χ0v) is 11.6. The van der Waals surface area contributed by atoms with Gasteiger partial charge in [-0.1, -0.05) is 57.2 Å². The number of epoxide rings is 1. The summed E-state index contributed by atoms with van der Waals surface area (Å²) in [6, 6.07) is 10.0. The number of hydrogen-bond acceptors (Lipinski definition) is 2. The van der Waals surface area contributed by atoms with Gasteiger partial charge in [-0.3, -0.25) is 0 Å². The molecule has 1 N–H and O–H groups in total. The van der Waals surface area contributed by atoms with E-state index in [9.17, 15) is 5.11 Å². The van der Waals surface area contributed by atoms with Gasteiger partial charge in [-0.2, -0.15) is 0 Å². The van der Waals surface area contributed by atoms with E-state index in [-0.39, 0.29) is 17.6 Å². The van der Waals surface area contributed by atoms with Crippen molar-refractivity contribution < 1.29 is 9.84 Å². The Kier molecular flexibility index (Phi) is 3.60. The van der Waals surface area contributed by atoms with Gasteiger partial charge in [-0.05, 0) is 23.5 Å². The van der Waals surface area contributed by atoms with Gasteiger partial charge >= 0.3 is 0 Å². The fourth-order valence-electron chi connectivity index (χ4n) is 2.22. The minimum absolute atomic E-state index is 0.0510. The first-order chi connectivity index (χ1) is 8.39. The highest BCUT2D eigenvalue weighted by Gasteiger charge is 2.51. The van der Waals surface area contributed by atoms with E-state index in [2.05, 4.69) is 20.8 Å². The number of ether oxygens (including phenoxy) is 1. The van der Waals surface area contributed by atoms with Crippen molar-refractivity contribution in [1.29, 1.82) is 0 Å². The zero-order valence-electron chi connectivity index (χ0n) is 11.6. The minimum Gasteiger partial charge on any atom is -0.386 e. The molecule has 1 aromatic carbocycles. The van der Waals surface area contributed by atoms with Gasteiger partial charge in [-0.25, -0.2) is 0 Å². The van der Waals surface area contributed by atoms with Gasteiger partial charge in [-0.15, -0.1) is 0 Å². The number of aliphatic hydroxyl groups excluding tert-OH is 1. The molecule has 3 unspecified atom stereocenters. The Labute approximate surface area is 109 Å². The summed E-state index contributed by atoms with van der Waals surface area (Å²) in [7, 11) is 0. The third-order valence-corrected chi connectivity index (χ3v) is 3.35. The molecule has 1 heterocycles. The molecule has 0 bridgehead atoms. The van der Waals surface area contributed by atoms with Crippen LogP contribution in [0.1, 0.15) is 33.3 Å². The van der Waals surface area contributed by atoms with E-state index in [1.165, 1.54) is 0 Å². The maximum atomic E-state index is 10.3. The van der Waals surface area contributed by atoms with Gasteiger partial charge in [0.05, 0.1) is 6.10 Å². The van der Waals surface area contributed by atoms with Crippen molar-refractivity contribution in [2.75, 3.05) is 0 Å². The van der Waals surface area contributed by atoms with Crippen LogP contribution in [0.15, 0.2) is 35.9 Å². The second-order valence-corrected chi connectivity index (χ2v) is 6.13. The monoisotopic (exact) mass is 246 g/mol. The highest BCUT2D eigenvalue weighted by Crippen LogP contribution is 2.41. The molecule has 1 aromatic rings. The Morgan fingerprint density at radius 1 is 1.28 bits per heavy atom. The number of hydrogen-bond donors (Lipinski definition) is 1. The fraction of sp³-hybridized carbons (Fsp3) is 0.500. The molecule has 18 heavy (non-hydrogen) atoms. The largest absolute Gasteiger partial charge is 0.386 e. The molecule has 1 saturated heterocycles.